The van der Waals surface area contributed by atoms with Gasteiger partial charge in [-0.15, -0.1) is 0 Å². The molecular weight excluding hydrogens is 288 g/mol. The molecular formula is C11H5ClF4N2O. The van der Waals surface area contributed by atoms with Gasteiger partial charge in [-0.1, -0.05) is 11.6 Å². The summed E-state index contributed by atoms with van der Waals surface area (Å²) in [6.07, 6.45) is 0. The van der Waals surface area contributed by atoms with Gasteiger partial charge in [0.05, 0.1) is 11.4 Å². The van der Waals surface area contributed by atoms with Gasteiger partial charge in [0.2, 0.25) is 0 Å². The summed E-state index contributed by atoms with van der Waals surface area (Å²) in [7, 11) is 0. The number of aromatic amines is 1. The summed E-state index contributed by atoms with van der Waals surface area (Å²) in [5.41, 5.74) is 2.17. The summed E-state index contributed by atoms with van der Waals surface area (Å²) in [5.74, 6) is -5.32. The maximum Gasteiger partial charge on any atom is 0.269 e. The van der Waals surface area contributed by atoms with Crippen LogP contribution in [0.4, 0.5) is 23.2 Å². The lowest BCUT2D eigenvalue weighted by Gasteiger charge is -2.08. The zero-order valence-corrected chi connectivity index (χ0v) is 9.79. The molecule has 2 aromatic rings. The first-order valence-corrected chi connectivity index (χ1v) is 5.22. The fraction of sp³-hybridized carbons (Fsp3) is 0. The van der Waals surface area contributed by atoms with Crippen molar-refractivity contribution < 1.29 is 17.6 Å². The Bertz CT molecular complexity index is 730. The van der Waals surface area contributed by atoms with Crippen LogP contribution < -0.4 is 11.3 Å². The number of rotatable bonds is 1. The van der Waals surface area contributed by atoms with Crippen LogP contribution in [0, 0.1) is 23.3 Å². The molecule has 0 spiro atoms. The van der Waals surface area contributed by atoms with Crippen molar-refractivity contribution in [3.8, 4) is 11.3 Å². The smallest absolute Gasteiger partial charge is 0.269 e. The lowest BCUT2D eigenvalue weighted by atomic mass is 10.1. The normalized spacial score (nSPS) is 10.8. The van der Waals surface area contributed by atoms with Crippen molar-refractivity contribution >= 4 is 17.3 Å². The Morgan fingerprint density at radius 1 is 1.05 bits per heavy atom. The molecule has 0 atom stereocenters. The van der Waals surface area contributed by atoms with Gasteiger partial charge in [0.1, 0.15) is 10.8 Å². The van der Waals surface area contributed by atoms with Gasteiger partial charge in [-0.2, -0.15) is 0 Å². The third-order valence-corrected chi connectivity index (χ3v) is 2.78. The molecule has 19 heavy (non-hydrogen) atoms. The second kappa shape index (κ2) is 4.58. The zero-order valence-electron chi connectivity index (χ0n) is 9.03. The monoisotopic (exact) mass is 292 g/mol. The number of nitrogens with one attached hydrogen (secondary N) is 1. The topological polar surface area (TPSA) is 58.9 Å². The van der Waals surface area contributed by atoms with Crippen molar-refractivity contribution in [3.05, 3.63) is 50.8 Å². The van der Waals surface area contributed by atoms with E-state index in [2.05, 4.69) is 0 Å². The number of nitrogen functional groups attached to an aromatic ring is 1. The molecule has 3 nitrogen and oxygen atoms in total. The quantitative estimate of drug-likeness (QED) is 0.627. The Morgan fingerprint density at radius 2 is 1.63 bits per heavy atom. The minimum Gasteiger partial charge on any atom is -0.395 e. The van der Waals surface area contributed by atoms with E-state index in [9.17, 15) is 22.4 Å². The minimum absolute atomic E-state index is 0.229. The average molecular weight is 293 g/mol. The molecule has 1 aromatic carbocycles. The lowest BCUT2D eigenvalue weighted by molar-refractivity contribution is 0.495. The fourth-order valence-electron chi connectivity index (χ4n) is 1.48. The molecule has 100 valence electrons. The van der Waals surface area contributed by atoms with E-state index in [1.807, 2.05) is 4.98 Å². The van der Waals surface area contributed by atoms with Crippen LogP contribution in [0.3, 0.4) is 0 Å². The third kappa shape index (κ3) is 2.17. The molecule has 1 aromatic heterocycles. The number of pyridine rings is 1. The highest BCUT2D eigenvalue weighted by Gasteiger charge is 2.20. The van der Waals surface area contributed by atoms with E-state index in [-0.39, 0.29) is 6.07 Å². The SMILES string of the molecule is Nc1c(F)c(-c2cc(F)c(F)cc2F)[nH]c(=O)c1Cl. The van der Waals surface area contributed by atoms with Gasteiger partial charge >= 0.3 is 0 Å². The van der Waals surface area contributed by atoms with Crippen LogP contribution >= 0.6 is 11.6 Å². The van der Waals surface area contributed by atoms with Crippen LogP contribution in [0.1, 0.15) is 0 Å². The summed E-state index contributed by atoms with van der Waals surface area (Å²) in [4.78, 5) is 13.2. The predicted molar refractivity (Wildman–Crippen MR) is 61.8 cm³/mol. The van der Waals surface area contributed by atoms with E-state index < -0.39 is 50.8 Å². The average Bonchev–Trinajstić information content (AvgIpc) is 2.36. The van der Waals surface area contributed by atoms with Crippen molar-refractivity contribution in [1.82, 2.24) is 4.98 Å². The van der Waals surface area contributed by atoms with Crippen LogP contribution in [0.2, 0.25) is 5.02 Å². The van der Waals surface area contributed by atoms with Gasteiger partial charge in [-0.05, 0) is 6.07 Å². The highest BCUT2D eigenvalue weighted by Crippen LogP contribution is 2.29. The number of anilines is 1. The maximum absolute atomic E-state index is 13.8. The van der Waals surface area contributed by atoms with E-state index in [4.69, 9.17) is 17.3 Å². The predicted octanol–water partition coefficient (Wildman–Crippen LogP) is 2.83. The molecule has 0 aliphatic heterocycles. The first-order valence-electron chi connectivity index (χ1n) is 4.84. The molecule has 0 bridgehead atoms. The Kier molecular flexibility index (Phi) is 3.23. The van der Waals surface area contributed by atoms with Crippen LogP contribution in [-0.2, 0) is 0 Å². The summed E-state index contributed by atoms with van der Waals surface area (Å²) in [5, 5.41) is -0.607. The second-order valence-electron chi connectivity index (χ2n) is 3.62. The summed E-state index contributed by atoms with van der Waals surface area (Å²) >= 11 is 5.40. The number of halogens is 5. The van der Waals surface area contributed by atoms with Gasteiger partial charge in [0.15, 0.2) is 17.5 Å². The molecule has 0 fully saturated rings. The molecule has 2 rings (SSSR count). The van der Waals surface area contributed by atoms with Gasteiger partial charge in [0, 0.05) is 11.6 Å². The highest BCUT2D eigenvalue weighted by molar-refractivity contribution is 6.32. The van der Waals surface area contributed by atoms with Gasteiger partial charge in [-0.25, -0.2) is 17.6 Å². The number of benzene rings is 1. The third-order valence-electron chi connectivity index (χ3n) is 2.41. The molecule has 0 saturated heterocycles. The number of aromatic nitrogens is 1. The van der Waals surface area contributed by atoms with Crippen LogP contribution in [0.25, 0.3) is 11.3 Å². The Morgan fingerprint density at radius 3 is 2.26 bits per heavy atom. The fourth-order valence-corrected chi connectivity index (χ4v) is 1.61. The molecule has 0 saturated carbocycles. The molecule has 8 heteroatoms. The standard InChI is InChI=1S/C11H5ClF4N2O/c12-7-9(17)8(16)10(18-11(7)19)3-1-5(14)6(15)2-4(3)13/h1-2H,(H3,17,18,19). The van der Waals surface area contributed by atoms with Crippen molar-refractivity contribution in [3.63, 3.8) is 0 Å². The number of hydrogen-bond acceptors (Lipinski definition) is 2. The van der Waals surface area contributed by atoms with Crippen LogP contribution in [0.15, 0.2) is 16.9 Å². The largest absolute Gasteiger partial charge is 0.395 e. The number of nitrogens with two attached hydrogens (primary N) is 1. The van der Waals surface area contributed by atoms with Crippen LogP contribution in [-0.4, -0.2) is 4.98 Å². The molecule has 1 heterocycles. The maximum atomic E-state index is 13.8. The Hall–Kier alpha value is -2.02. The van der Waals surface area contributed by atoms with Gasteiger partial charge < -0.3 is 10.7 Å². The molecule has 0 unspecified atom stereocenters. The number of hydrogen-bond donors (Lipinski definition) is 2. The van der Waals surface area contributed by atoms with Crippen molar-refractivity contribution in [1.29, 1.82) is 0 Å². The molecule has 0 aliphatic carbocycles. The van der Waals surface area contributed by atoms with E-state index in [0.29, 0.717) is 6.07 Å². The van der Waals surface area contributed by atoms with E-state index >= 15 is 0 Å². The second-order valence-corrected chi connectivity index (χ2v) is 3.99. The Labute approximate surface area is 108 Å². The minimum atomic E-state index is -1.44. The van der Waals surface area contributed by atoms with Crippen LogP contribution in [0.5, 0.6) is 0 Å². The molecule has 3 N–H and O–H groups in total. The summed E-state index contributed by atoms with van der Waals surface area (Å²) < 4.78 is 53.1. The first kappa shape index (κ1) is 13.4. The summed E-state index contributed by atoms with van der Waals surface area (Å²) in [6, 6.07) is 0.638. The number of H-pyrrole nitrogens is 1. The molecule has 0 radical (unpaired) electrons. The first-order chi connectivity index (χ1) is 8.82. The van der Waals surface area contributed by atoms with E-state index in [0.717, 1.165) is 0 Å². The molecule has 0 aliphatic rings. The highest BCUT2D eigenvalue weighted by atomic mass is 35.5. The van der Waals surface area contributed by atoms with Crippen molar-refractivity contribution in [2.75, 3.05) is 5.73 Å². The summed E-state index contributed by atoms with van der Waals surface area (Å²) in [6.45, 7) is 0. The lowest BCUT2D eigenvalue weighted by Crippen LogP contribution is -2.13. The van der Waals surface area contributed by atoms with Crippen molar-refractivity contribution in [2.45, 2.75) is 0 Å². The van der Waals surface area contributed by atoms with E-state index in [1.165, 1.54) is 0 Å². The van der Waals surface area contributed by atoms with E-state index in [1.54, 1.807) is 0 Å². The van der Waals surface area contributed by atoms with Crippen molar-refractivity contribution in [2.24, 2.45) is 0 Å². The van der Waals surface area contributed by atoms with Gasteiger partial charge in [0.25, 0.3) is 5.56 Å². The zero-order chi connectivity index (χ0) is 14.3. The Balaban J connectivity index is 2.80. The van der Waals surface area contributed by atoms with Gasteiger partial charge in [-0.3, -0.25) is 4.79 Å². The molecule has 0 amide bonds.